The van der Waals surface area contributed by atoms with Crippen molar-refractivity contribution in [1.82, 2.24) is 4.57 Å². The highest BCUT2D eigenvalue weighted by Gasteiger charge is 2.10. The summed E-state index contributed by atoms with van der Waals surface area (Å²) in [5.41, 5.74) is 2.27. The standard InChI is InChI=1S/C12H13NO2/c1-7-4-5-10-9(6-7)8(2)11(14)12(15)13(10)3/h4-6,14H,1-3H3. The van der Waals surface area contributed by atoms with Crippen molar-refractivity contribution in [1.29, 1.82) is 0 Å². The largest absolute Gasteiger partial charge is 0.503 e. The molecule has 1 aromatic carbocycles. The van der Waals surface area contributed by atoms with Gasteiger partial charge in [-0.25, -0.2) is 0 Å². The minimum absolute atomic E-state index is 0.157. The Kier molecular flexibility index (Phi) is 2.03. The van der Waals surface area contributed by atoms with Gasteiger partial charge in [0.2, 0.25) is 0 Å². The number of nitrogens with zero attached hydrogens (tertiary/aromatic N) is 1. The van der Waals surface area contributed by atoms with Crippen LogP contribution in [0.15, 0.2) is 23.0 Å². The molecule has 0 radical (unpaired) electrons. The molecule has 0 saturated carbocycles. The normalized spacial score (nSPS) is 10.9. The van der Waals surface area contributed by atoms with E-state index in [4.69, 9.17) is 0 Å². The van der Waals surface area contributed by atoms with Crippen LogP contribution in [0, 0.1) is 13.8 Å². The predicted molar refractivity (Wildman–Crippen MR) is 60.3 cm³/mol. The smallest absolute Gasteiger partial charge is 0.293 e. The first-order valence-corrected chi connectivity index (χ1v) is 4.81. The van der Waals surface area contributed by atoms with E-state index >= 15 is 0 Å². The second kappa shape index (κ2) is 3.12. The van der Waals surface area contributed by atoms with E-state index < -0.39 is 0 Å². The van der Waals surface area contributed by atoms with Gasteiger partial charge in [-0.2, -0.15) is 0 Å². The Bertz CT molecular complexity index is 597. The Morgan fingerprint density at radius 2 is 1.93 bits per heavy atom. The van der Waals surface area contributed by atoms with E-state index in [1.165, 1.54) is 4.57 Å². The summed E-state index contributed by atoms with van der Waals surface area (Å²) >= 11 is 0. The van der Waals surface area contributed by atoms with Crippen LogP contribution in [0.25, 0.3) is 10.9 Å². The fourth-order valence-electron chi connectivity index (χ4n) is 1.80. The lowest BCUT2D eigenvalue weighted by atomic mass is 10.1. The number of aryl methyl sites for hydroxylation is 3. The van der Waals surface area contributed by atoms with Gasteiger partial charge in [-0.05, 0) is 26.0 Å². The maximum atomic E-state index is 11.6. The fraction of sp³-hybridized carbons (Fsp3) is 0.250. The Labute approximate surface area is 87.6 Å². The van der Waals surface area contributed by atoms with Crippen molar-refractivity contribution in [2.24, 2.45) is 7.05 Å². The van der Waals surface area contributed by atoms with E-state index in [-0.39, 0.29) is 11.3 Å². The van der Waals surface area contributed by atoms with E-state index in [0.717, 1.165) is 16.5 Å². The zero-order chi connectivity index (χ0) is 11.2. The van der Waals surface area contributed by atoms with Crippen LogP contribution in [0.3, 0.4) is 0 Å². The highest BCUT2D eigenvalue weighted by molar-refractivity contribution is 5.84. The van der Waals surface area contributed by atoms with Crippen LogP contribution in [0.4, 0.5) is 0 Å². The van der Waals surface area contributed by atoms with Gasteiger partial charge in [0.25, 0.3) is 5.56 Å². The molecule has 2 rings (SSSR count). The summed E-state index contributed by atoms with van der Waals surface area (Å²) in [6, 6.07) is 5.83. The van der Waals surface area contributed by atoms with Gasteiger partial charge in [0.05, 0.1) is 5.52 Å². The number of aromatic hydroxyl groups is 1. The van der Waals surface area contributed by atoms with Crippen molar-refractivity contribution < 1.29 is 5.11 Å². The lowest BCUT2D eigenvalue weighted by Gasteiger charge is -2.09. The zero-order valence-electron chi connectivity index (χ0n) is 9.03. The molecule has 15 heavy (non-hydrogen) atoms. The van der Waals surface area contributed by atoms with Crippen molar-refractivity contribution in [3.63, 3.8) is 0 Å². The van der Waals surface area contributed by atoms with Gasteiger partial charge in [-0.3, -0.25) is 4.79 Å². The first-order chi connectivity index (χ1) is 7.02. The number of pyridine rings is 1. The molecule has 0 atom stereocenters. The average molecular weight is 203 g/mol. The molecule has 0 saturated heterocycles. The summed E-state index contributed by atoms with van der Waals surface area (Å²) in [6.45, 7) is 3.75. The molecule has 2 aromatic rings. The van der Waals surface area contributed by atoms with Gasteiger partial charge in [0.1, 0.15) is 0 Å². The van der Waals surface area contributed by atoms with Crippen LogP contribution in [0.2, 0.25) is 0 Å². The lowest BCUT2D eigenvalue weighted by Crippen LogP contribution is -2.17. The number of benzene rings is 1. The SMILES string of the molecule is Cc1ccc2c(c1)c(C)c(O)c(=O)n2C. The van der Waals surface area contributed by atoms with Gasteiger partial charge in [-0.1, -0.05) is 11.6 Å². The molecular weight excluding hydrogens is 190 g/mol. The average Bonchev–Trinajstić information content (AvgIpc) is 2.23. The quantitative estimate of drug-likeness (QED) is 0.710. The van der Waals surface area contributed by atoms with Crippen LogP contribution in [-0.2, 0) is 7.05 Å². The van der Waals surface area contributed by atoms with E-state index in [9.17, 15) is 9.90 Å². The Balaban J connectivity index is 3.07. The second-order valence-electron chi connectivity index (χ2n) is 3.86. The highest BCUT2D eigenvalue weighted by Crippen LogP contribution is 2.23. The summed E-state index contributed by atoms with van der Waals surface area (Å²) < 4.78 is 1.47. The van der Waals surface area contributed by atoms with Gasteiger partial charge in [-0.15, -0.1) is 0 Å². The highest BCUT2D eigenvalue weighted by atomic mass is 16.3. The number of hydrogen-bond donors (Lipinski definition) is 1. The lowest BCUT2D eigenvalue weighted by molar-refractivity contribution is 0.459. The van der Waals surface area contributed by atoms with Gasteiger partial charge in [0.15, 0.2) is 5.75 Å². The molecule has 0 aliphatic rings. The molecule has 0 fully saturated rings. The first-order valence-electron chi connectivity index (χ1n) is 4.81. The molecule has 1 N–H and O–H groups in total. The van der Waals surface area contributed by atoms with Crippen molar-refractivity contribution in [3.8, 4) is 5.75 Å². The number of fused-ring (bicyclic) bond motifs is 1. The van der Waals surface area contributed by atoms with Crippen LogP contribution < -0.4 is 5.56 Å². The molecule has 0 spiro atoms. The molecule has 0 aliphatic carbocycles. The molecular formula is C12H13NO2. The summed E-state index contributed by atoms with van der Waals surface area (Å²) in [7, 11) is 1.67. The van der Waals surface area contributed by atoms with E-state index in [0.29, 0.717) is 5.56 Å². The topological polar surface area (TPSA) is 42.2 Å². The third-order valence-corrected chi connectivity index (χ3v) is 2.78. The van der Waals surface area contributed by atoms with Crippen molar-refractivity contribution in [3.05, 3.63) is 39.7 Å². The maximum absolute atomic E-state index is 11.6. The first kappa shape index (κ1) is 9.77. The third-order valence-electron chi connectivity index (χ3n) is 2.78. The van der Waals surface area contributed by atoms with E-state index in [2.05, 4.69) is 0 Å². The molecule has 78 valence electrons. The number of rotatable bonds is 0. The Morgan fingerprint density at radius 3 is 2.60 bits per heavy atom. The maximum Gasteiger partial charge on any atom is 0.293 e. The van der Waals surface area contributed by atoms with Gasteiger partial charge in [0, 0.05) is 18.0 Å². The van der Waals surface area contributed by atoms with Crippen LogP contribution >= 0.6 is 0 Å². The minimum atomic E-state index is -0.344. The summed E-state index contributed by atoms with van der Waals surface area (Å²) in [6.07, 6.45) is 0. The van der Waals surface area contributed by atoms with Crippen LogP contribution in [0.1, 0.15) is 11.1 Å². The van der Waals surface area contributed by atoms with Gasteiger partial charge >= 0.3 is 0 Å². The molecule has 0 bridgehead atoms. The minimum Gasteiger partial charge on any atom is -0.503 e. The molecule has 0 aliphatic heterocycles. The van der Waals surface area contributed by atoms with E-state index in [1.54, 1.807) is 14.0 Å². The van der Waals surface area contributed by atoms with Crippen molar-refractivity contribution in [2.45, 2.75) is 13.8 Å². The molecule has 0 amide bonds. The number of hydrogen-bond acceptors (Lipinski definition) is 2. The zero-order valence-corrected chi connectivity index (χ0v) is 9.03. The fourth-order valence-corrected chi connectivity index (χ4v) is 1.80. The molecule has 0 unspecified atom stereocenters. The molecule has 1 aromatic heterocycles. The third kappa shape index (κ3) is 1.31. The predicted octanol–water partition coefficient (Wildman–Crippen LogP) is 1.86. The second-order valence-corrected chi connectivity index (χ2v) is 3.86. The van der Waals surface area contributed by atoms with Gasteiger partial charge < -0.3 is 9.67 Å². The molecule has 3 heteroatoms. The van der Waals surface area contributed by atoms with E-state index in [1.807, 2.05) is 25.1 Å². The number of aromatic nitrogens is 1. The van der Waals surface area contributed by atoms with Crippen molar-refractivity contribution >= 4 is 10.9 Å². The summed E-state index contributed by atoms with van der Waals surface area (Å²) in [5.74, 6) is -0.157. The van der Waals surface area contributed by atoms with Crippen LogP contribution in [-0.4, -0.2) is 9.67 Å². The Morgan fingerprint density at radius 1 is 1.27 bits per heavy atom. The summed E-state index contributed by atoms with van der Waals surface area (Å²) in [4.78, 5) is 11.6. The molecule has 3 nitrogen and oxygen atoms in total. The van der Waals surface area contributed by atoms with Crippen LogP contribution in [0.5, 0.6) is 5.75 Å². The Hall–Kier alpha value is -1.77. The summed E-state index contributed by atoms with van der Waals surface area (Å²) in [5, 5.41) is 10.6. The molecule has 1 heterocycles. The van der Waals surface area contributed by atoms with Crippen molar-refractivity contribution in [2.75, 3.05) is 0 Å². The monoisotopic (exact) mass is 203 g/mol.